The van der Waals surface area contributed by atoms with Gasteiger partial charge in [0.15, 0.2) is 0 Å². The van der Waals surface area contributed by atoms with Gasteiger partial charge in [0.1, 0.15) is 5.75 Å². The van der Waals surface area contributed by atoms with Gasteiger partial charge in [0.2, 0.25) is 0 Å². The number of likely N-dealkylation sites (tertiary alicyclic amines) is 1. The van der Waals surface area contributed by atoms with Gasteiger partial charge < -0.3 is 20.5 Å². The summed E-state index contributed by atoms with van der Waals surface area (Å²) in [6.45, 7) is 4.19. The van der Waals surface area contributed by atoms with E-state index in [0.29, 0.717) is 31.8 Å². The molecule has 2 rings (SSSR count). The molecule has 0 bridgehead atoms. The third-order valence-corrected chi connectivity index (χ3v) is 3.67. The molecule has 0 atom stereocenters. The Morgan fingerprint density at radius 3 is 2.80 bits per heavy atom. The van der Waals surface area contributed by atoms with E-state index in [1.54, 1.807) is 30.0 Å². The van der Waals surface area contributed by atoms with Crippen molar-refractivity contribution in [2.75, 3.05) is 26.2 Å². The fourth-order valence-corrected chi connectivity index (χ4v) is 2.46. The molecule has 0 aromatic heterocycles. The number of hydrogen-bond donors (Lipinski definition) is 2. The van der Waals surface area contributed by atoms with Crippen LogP contribution in [-0.4, -0.2) is 48.3 Å². The number of aromatic hydroxyl groups is 1. The molecule has 110 valence electrons. The number of benzene rings is 1. The van der Waals surface area contributed by atoms with Crippen molar-refractivity contribution in [1.29, 1.82) is 0 Å². The Labute approximate surface area is 119 Å². The normalized spacial score (nSPS) is 16.4. The van der Waals surface area contributed by atoms with Crippen molar-refractivity contribution in [2.24, 2.45) is 5.73 Å². The highest BCUT2D eigenvalue weighted by Gasteiger charge is 2.25. The van der Waals surface area contributed by atoms with E-state index in [2.05, 4.69) is 0 Å². The topological polar surface area (TPSA) is 75.8 Å². The summed E-state index contributed by atoms with van der Waals surface area (Å²) in [7, 11) is 0. The lowest BCUT2D eigenvalue weighted by Crippen LogP contribution is -2.41. The maximum absolute atomic E-state index is 12.4. The first-order valence-electron chi connectivity index (χ1n) is 7.03. The number of nitrogens with zero attached hydrogens (tertiary/aromatic N) is 1. The Morgan fingerprint density at radius 2 is 2.15 bits per heavy atom. The summed E-state index contributed by atoms with van der Waals surface area (Å²) in [4.78, 5) is 14.2. The van der Waals surface area contributed by atoms with Crippen LogP contribution in [0, 0.1) is 6.92 Å². The van der Waals surface area contributed by atoms with E-state index in [1.165, 1.54) is 0 Å². The Hall–Kier alpha value is -1.59. The first-order chi connectivity index (χ1) is 9.63. The van der Waals surface area contributed by atoms with Gasteiger partial charge in [-0.05, 0) is 31.4 Å². The predicted octanol–water partition coefficient (Wildman–Crippen LogP) is 1.28. The fourth-order valence-electron chi connectivity index (χ4n) is 2.46. The van der Waals surface area contributed by atoms with Crippen LogP contribution in [0.4, 0.5) is 0 Å². The molecule has 5 nitrogen and oxygen atoms in total. The number of aryl methyl sites for hydroxylation is 1. The van der Waals surface area contributed by atoms with E-state index in [9.17, 15) is 9.90 Å². The van der Waals surface area contributed by atoms with Crippen molar-refractivity contribution < 1.29 is 14.6 Å². The van der Waals surface area contributed by atoms with Crippen molar-refractivity contribution in [3.63, 3.8) is 0 Å². The third kappa shape index (κ3) is 3.29. The lowest BCUT2D eigenvalue weighted by atomic mass is 10.0. The van der Waals surface area contributed by atoms with Crippen LogP contribution in [0.1, 0.15) is 28.8 Å². The number of amides is 1. The molecule has 1 amide bonds. The van der Waals surface area contributed by atoms with Gasteiger partial charge in [-0.1, -0.05) is 12.1 Å². The monoisotopic (exact) mass is 278 g/mol. The zero-order valence-electron chi connectivity index (χ0n) is 11.8. The zero-order valence-corrected chi connectivity index (χ0v) is 11.8. The molecule has 3 N–H and O–H groups in total. The highest BCUT2D eigenvalue weighted by atomic mass is 16.5. The Balaban J connectivity index is 1.96. The summed E-state index contributed by atoms with van der Waals surface area (Å²) in [6, 6.07) is 5.25. The van der Waals surface area contributed by atoms with Gasteiger partial charge in [-0.3, -0.25) is 4.79 Å². The largest absolute Gasteiger partial charge is 0.507 e. The number of carbonyl (C=O) groups excluding carboxylic acids is 1. The van der Waals surface area contributed by atoms with Crippen LogP contribution in [-0.2, 0) is 4.74 Å². The van der Waals surface area contributed by atoms with Gasteiger partial charge in [-0.2, -0.15) is 0 Å². The lowest BCUT2D eigenvalue weighted by Gasteiger charge is -2.32. The summed E-state index contributed by atoms with van der Waals surface area (Å²) in [5.74, 6) is -0.0255. The Morgan fingerprint density at radius 1 is 1.45 bits per heavy atom. The predicted molar refractivity (Wildman–Crippen MR) is 76.8 cm³/mol. The molecule has 1 aromatic rings. The first-order valence-corrected chi connectivity index (χ1v) is 7.03. The van der Waals surface area contributed by atoms with E-state index in [4.69, 9.17) is 10.5 Å². The van der Waals surface area contributed by atoms with Crippen LogP contribution in [0.2, 0.25) is 0 Å². The number of nitrogens with two attached hydrogens (primary N) is 1. The number of phenolic OH excluding ortho intramolecular Hbond substituents is 1. The summed E-state index contributed by atoms with van der Waals surface area (Å²) in [5.41, 5.74) is 6.51. The minimum absolute atomic E-state index is 0.0824. The summed E-state index contributed by atoms with van der Waals surface area (Å²) in [5, 5.41) is 9.98. The summed E-state index contributed by atoms with van der Waals surface area (Å²) >= 11 is 0. The van der Waals surface area contributed by atoms with Crippen LogP contribution in [0.3, 0.4) is 0 Å². The second-order valence-electron chi connectivity index (χ2n) is 5.12. The molecule has 1 aromatic carbocycles. The summed E-state index contributed by atoms with van der Waals surface area (Å²) in [6.07, 6.45) is 1.82. The SMILES string of the molecule is Cc1cccc(C(=O)N2CCC(OCCN)CC2)c1O. The fraction of sp³-hybridized carbons (Fsp3) is 0.533. The number of para-hydroxylation sites is 1. The van der Waals surface area contributed by atoms with Crippen LogP contribution < -0.4 is 5.73 Å². The zero-order chi connectivity index (χ0) is 14.5. The second kappa shape index (κ2) is 6.72. The van der Waals surface area contributed by atoms with Crippen molar-refractivity contribution >= 4 is 5.91 Å². The Bertz CT molecular complexity index is 468. The molecule has 0 saturated carbocycles. The minimum Gasteiger partial charge on any atom is -0.507 e. The average molecular weight is 278 g/mol. The molecule has 1 saturated heterocycles. The molecule has 0 spiro atoms. The number of carbonyl (C=O) groups is 1. The maximum Gasteiger partial charge on any atom is 0.257 e. The molecule has 5 heteroatoms. The van der Waals surface area contributed by atoms with E-state index in [1.807, 2.05) is 0 Å². The molecule has 1 aliphatic heterocycles. The van der Waals surface area contributed by atoms with E-state index in [0.717, 1.165) is 18.4 Å². The first kappa shape index (κ1) is 14.8. The second-order valence-corrected chi connectivity index (χ2v) is 5.12. The quantitative estimate of drug-likeness (QED) is 0.870. The number of ether oxygens (including phenoxy) is 1. The third-order valence-electron chi connectivity index (χ3n) is 3.67. The molecule has 0 unspecified atom stereocenters. The minimum atomic E-state index is -0.108. The van der Waals surface area contributed by atoms with E-state index < -0.39 is 0 Å². The van der Waals surface area contributed by atoms with Gasteiger partial charge in [0, 0.05) is 19.6 Å². The van der Waals surface area contributed by atoms with Crippen LogP contribution in [0.25, 0.3) is 0 Å². The van der Waals surface area contributed by atoms with Crippen molar-refractivity contribution in [2.45, 2.75) is 25.9 Å². The van der Waals surface area contributed by atoms with Crippen LogP contribution >= 0.6 is 0 Å². The molecule has 1 fully saturated rings. The molecule has 1 aliphatic rings. The van der Waals surface area contributed by atoms with Crippen LogP contribution in [0.5, 0.6) is 5.75 Å². The van der Waals surface area contributed by atoms with Gasteiger partial charge in [-0.25, -0.2) is 0 Å². The average Bonchev–Trinajstić information content (AvgIpc) is 2.48. The maximum atomic E-state index is 12.4. The van der Waals surface area contributed by atoms with Crippen molar-refractivity contribution in [1.82, 2.24) is 4.90 Å². The van der Waals surface area contributed by atoms with Crippen molar-refractivity contribution in [3.8, 4) is 5.75 Å². The molecular formula is C15H22N2O3. The van der Waals surface area contributed by atoms with Gasteiger partial charge in [0.05, 0.1) is 18.3 Å². The molecular weight excluding hydrogens is 256 g/mol. The highest BCUT2D eigenvalue weighted by molar-refractivity contribution is 5.97. The Kier molecular flexibility index (Phi) is 4.98. The van der Waals surface area contributed by atoms with Crippen molar-refractivity contribution in [3.05, 3.63) is 29.3 Å². The highest BCUT2D eigenvalue weighted by Crippen LogP contribution is 2.24. The van der Waals surface area contributed by atoms with Gasteiger partial charge >= 0.3 is 0 Å². The number of hydrogen-bond acceptors (Lipinski definition) is 4. The smallest absolute Gasteiger partial charge is 0.257 e. The lowest BCUT2D eigenvalue weighted by molar-refractivity contribution is 0.0121. The molecule has 1 heterocycles. The van der Waals surface area contributed by atoms with Gasteiger partial charge in [0.25, 0.3) is 5.91 Å². The van der Waals surface area contributed by atoms with Gasteiger partial charge in [-0.15, -0.1) is 0 Å². The van der Waals surface area contributed by atoms with E-state index in [-0.39, 0.29) is 17.8 Å². The van der Waals surface area contributed by atoms with E-state index >= 15 is 0 Å². The molecule has 0 aliphatic carbocycles. The number of phenols is 1. The standard InChI is InChI=1S/C15H22N2O3/c1-11-3-2-4-13(14(11)18)15(19)17-8-5-12(6-9-17)20-10-7-16/h2-4,12,18H,5-10,16H2,1H3. The number of piperidine rings is 1. The summed E-state index contributed by atoms with van der Waals surface area (Å²) < 4.78 is 5.60. The molecule has 20 heavy (non-hydrogen) atoms. The van der Waals surface area contributed by atoms with Crippen LogP contribution in [0.15, 0.2) is 18.2 Å². The number of rotatable bonds is 4. The molecule has 0 radical (unpaired) electrons.